The first-order chi connectivity index (χ1) is 11.6. The van der Waals surface area contributed by atoms with Gasteiger partial charge in [-0.1, -0.05) is 6.07 Å². The predicted molar refractivity (Wildman–Crippen MR) is 89.9 cm³/mol. The Morgan fingerprint density at radius 2 is 2.21 bits per heavy atom. The number of thiazole rings is 1. The van der Waals surface area contributed by atoms with Gasteiger partial charge in [0.05, 0.1) is 22.6 Å². The Morgan fingerprint density at radius 3 is 2.88 bits per heavy atom. The van der Waals surface area contributed by atoms with Gasteiger partial charge < -0.3 is 19.2 Å². The van der Waals surface area contributed by atoms with Crippen molar-refractivity contribution in [1.29, 1.82) is 0 Å². The molecule has 0 amide bonds. The summed E-state index contributed by atoms with van der Waals surface area (Å²) in [6.45, 7) is 0. The van der Waals surface area contributed by atoms with E-state index < -0.39 is 0 Å². The Hall–Kier alpha value is -3.06. The first-order valence-electron chi connectivity index (χ1n) is 6.94. The van der Waals surface area contributed by atoms with Crippen molar-refractivity contribution in [3.05, 3.63) is 67.5 Å². The van der Waals surface area contributed by atoms with Gasteiger partial charge in [0.1, 0.15) is 0 Å². The van der Waals surface area contributed by atoms with Gasteiger partial charge in [0, 0.05) is 6.08 Å². The minimum Gasteiger partial charge on any atom is -0.504 e. The number of phenols is 1. The average Bonchev–Trinajstić information content (AvgIpc) is 3.18. The molecule has 2 N–H and O–H groups in total. The van der Waals surface area contributed by atoms with Crippen molar-refractivity contribution in [2.45, 2.75) is 0 Å². The molecule has 24 heavy (non-hydrogen) atoms. The highest BCUT2D eigenvalue weighted by Crippen LogP contribution is 2.26. The molecule has 0 saturated carbocycles. The third kappa shape index (κ3) is 3.31. The number of furan rings is 1. The van der Waals surface area contributed by atoms with Crippen LogP contribution < -0.4 is 19.5 Å². The van der Waals surface area contributed by atoms with Gasteiger partial charge in [0.2, 0.25) is 5.78 Å². The van der Waals surface area contributed by atoms with E-state index in [1.54, 1.807) is 30.3 Å². The molecule has 2 aromatic heterocycles. The highest BCUT2D eigenvalue weighted by molar-refractivity contribution is 7.07. The lowest BCUT2D eigenvalue weighted by molar-refractivity contribution is 0.103. The van der Waals surface area contributed by atoms with Gasteiger partial charge in [-0.3, -0.25) is 9.59 Å². The van der Waals surface area contributed by atoms with Gasteiger partial charge in [-0.15, -0.1) is 11.3 Å². The summed E-state index contributed by atoms with van der Waals surface area (Å²) in [5, 5.41) is 9.78. The Bertz CT molecular complexity index is 1040. The van der Waals surface area contributed by atoms with Crippen molar-refractivity contribution in [3.63, 3.8) is 0 Å². The third-order valence-corrected chi connectivity index (χ3v) is 4.17. The van der Waals surface area contributed by atoms with Crippen molar-refractivity contribution in [3.8, 4) is 11.5 Å². The molecule has 0 atom stereocenters. The maximum atomic E-state index is 12.0. The zero-order valence-corrected chi connectivity index (χ0v) is 13.4. The number of carbonyl (C=O) groups is 1. The summed E-state index contributed by atoms with van der Waals surface area (Å²) in [6, 6.07) is 7.99. The number of H-pyrrole nitrogens is 1. The number of benzene rings is 1. The lowest BCUT2D eigenvalue weighted by Crippen LogP contribution is -2.19. The molecule has 0 aliphatic rings. The molecule has 2 heterocycles. The first kappa shape index (κ1) is 15.8. The smallest absolute Gasteiger partial charge is 0.266 e. The number of rotatable bonds is 4. The minimum atomic E-state index is -0.328. The van der Waals surface area contributed by atoms with Crippen LogP contribution in [0.4, 0.5) is 0 Å². The molecule has 0 spiro atoms. The molecular weight excluding hydrogens is 330 g/mol. The Morgan fingerprint density at radius 1 is 1.38 bits per heavy atom. The summed E-state index contributed by atoms with van der Waals surface area (Å²) in [5.74, 6) is 0.213. The average molecular weight is 343 g/mol. The van der Waals surface area contributed by atoms with Gasteiger partial charge >= 0.3 is 0 Å². The van der Waals surface area contributed by atoms with E-state index in [-0.39, 0.29) is 22.9 Å². The molecule has 0 aliphatic carbocycles. The molecule has 0 radical (unpaired) electrons. The van der Waals surface area contributed by atoms with Crippen LogP contribution in [0, 0.1) is 0 Å². The number of carbonyl (C=O) groups excluding carboxylic acids is 1. The van der Waals surface area contributed by atoms with E-state index >= 15 is 0 Å². The van der Waals surface area contributed by atoms with Crippen molar-refractivity contribution in [1.82, 2.24) is 4.98 Å². The van der Waals surface area contributed by atoms with Gasteiger partial charge in [-0.2, -0.15) is 0 Å². The number of aromatic hydroxyl groups is 1. The third-order valence-electron chi connectivity index (χ3n) is 3.21. The summed E-state index contributed by atoms with van der Waals surface area (Å²) in [5.41, 5.74) is 0.332. The SMILES string of the molecule is COc1ccc(/C=c2\s/c(=C\C(=O)c3ccco3)[nH]c2=O)cc1O. The molecule has 0 fully saturated rings. The number of phenolic OH excluding ortho intramolecular Hbond substituents is 1. The Labute approximate surface area is 140 Å². The van der Waals surface area contributed by atoms with E-state index in [0.717, 1.165) is 11.3 Å². The van der Waals surface area contributed by atoms with E-state index in [2.05, 4.69) is 4.98 Å². The number of hydrogen-bond donors (Lipinski definition) is 2. The fraction of sp³-hybridized carbons (Fsp3) is 0.0588. The molecule has 6 nitrogen and oxygen atoms in total. The fourth-order valence-corrected chi connectivity index (χ4v) is 2.97. The van der Waals surface area contributed by atoms with Crippen LogP contribution in [-0.2, 0) is 0 Å². The number of nitrogens with one attached hydrogen (secondary N) is 1. The number of aromatic nitrogens is 1. The van der Waals surface area contributed by atoms with Crippen LogP contribution in [0.25, 0.3) is 12.2 Å². The second-order valence-corrected chi connectivity index (χ2v) is 5.93. The van der Waals surface area contributed by atoms with E-state index in [1.165, 1.54) is 25.5 Å². The largest absolute Gasteiger partial charge is 0.504 e. The highest BCUT2D eigenvalue weighted by atomic mass is 32.1. The second kappa shape index (κ2) is 6.59. The maximum Gasteiger partial charge on any atom is 0.266 e. The lowest BCUT2D eigenvalue weighted by atomic mass is 10.2. The Kier molecular flexibility index (Phi) is 4.35. The molecule has 0 saturated heterocycles. The quantitative estimate of drug-likeness (QED) is 0.695. The first-order valence-corrected chi connectivity index (χ1v) is 7.76. The van der Waals surface area contributed by atoms with Gasteiger partial charge in [0.25, 0.3) is 5.56 Å². The normalized spacial score (nSPS) is 12.5. The van der Waals surface area contributed by atoms with Crippen LogP contribution in [0.15, 0.2) is 45.8 Å². The zero-order valence-electron chi connectivity index (χ0n) is 12.6. The van der Waals surface area contributed by atoms with Crippen molar-refractivity contribution in [2.75, 3.05) is 7.11 Å². The van der Waals surface area contributed by atoms with Gasteiger partial charge in [0.15, 0.2) is 17.3 Å². The summed E-state index contributed by atoms with van der Waals surface area (Å²) < 4.78 is 10.8. The van der Waals surface area contributed by atoms with Crippen LogP contribution in [-0.4, -0.2) is 23.0 Å². The van der Waals surface area contributed by atoms with Crippen LogP contribution in [0.5, 0.6) is 11.5 Å². The van der Waals surface area contributed by atoms with E-state index in [1.807, 2.05) is 0 Å². The number of aromatic amines is 1. The number of ether oxygens (including phenoxy) is 1. The van der Waals surface area contributed by atoms with Crippen molar-refractivity contribution in [2.24, 2.45) is 0 Å². The molecule has 3 aromatic rings. The molecule has 1 aromatic carbocycles. The van der Waals surface area contributed by atoms with Gasteiger partial charge in [-0.05, 0) is 35.9 Å². The van der Waals surface area contributed by atoms with Crippen LogP contribution >= 0.6 is 11.3 Å². The van der Waals surface area contributed by atoms with Crippen LogP contribution in [0.3, 0.4) is 0 Å². The number of ketones is 1. The standard InChI is InChI=1S/C17H13NO5S/c1-22-13-5-4-10(7-11(13)19)8-15-17(21)18-16(24-15)9-12(20)14-3-2-6-23-14/h2-9,19H,1H3,(H,18,21)/b15-8-,16-9-. The fourth-order valence-electron chi connectivity index (χ4n) is 2.08. The highest BCUT2D eigenvalue weighted by Gasteiger charge is 2.06. The summed E-state index contributed by atoms with van der Waals surface area (Å²) >= 11 is 1.14. The summed E-state index contributed by atoms with van der Waals surface area (Å²) in [6.07, 6.45) is 4.35. The van der Waals surface area contributed by atoms with E-state index in [0.29, 0.717) is 20.5 Å². The van der Waals surface area contributed by atoms with Crippen LogP contribution in [0.2, 0.25) is 0 Å². The predicted octanol–water partition coefficient (Wildman–Crippen LogP) is 1.24. The zero-order chi connectivity index (χ0) is 17.1. The Balaban J connectivity index is 1.98. The molecule has 122 valence electrons. The molecule has 0 unspecified atom stereocenters. The van der Waals surface area contributed by atoms with Crippen molar-refractivity contribution >= 4 is 29.3 Å². The number of hydrogen-bond acceptors (Lipinski definition) is 6. The molecule has 3 rings (SSSR count). The number of methoxy groups -OCH3 is 1. The molecule has 7 heteroatoms. The topological polar surface area (TPSA) is 92.5 Å². The van der Waals surface area contributed by atoms with Crippen LogP contribution in [0.1, 0.15) is 16.1 Å². The summed E-state index contributed by atoms with van der Waals surface area (Å²) in [4.78, 5) is 26.6. The second-order valence-electron chi connectivity index (χ2n) is 4.85. The number of Topliss-reactive ketones (excluding diaryl/α,β-unsaturated/α-hetero) is 1. The van der Waals surface area contributed by atoms with Gasteiger partial charge in [-0.25, -0.2) is 0 Å². The molecule has 0 aliphatic heterocycles. The molecular formula is C17H13NO5S. The van der Waals surface area contributed by atoms with E-state index in [4.69, 9.17) is 9.15 Å². The van der Waals surface area contributed by atoms with E-state index in [9.17, 15) is 14.7 Å². The van der Waals surface area contributed by atoms with Crippen molar-refractivity contribution < 1.29 is 19.1 Å². The maximum absolute atomic E-state index is 12.0. The minimum absolute atomic E-state index is 0.0148. The summed E-state index contributed by atoms with van der Waals surface area (Å²) in [7, 11) is 1.46. The monoisotopic (exact) mass is 343 g/mol. The lowest BCUT2D eigenvalue weighted by Gasteiger charge is -2.02. The molecule has 0 bridgehead atoms.